The van der Waals surface area contributed by atoms with Crippen LogP contribution >= 0.6 is 0 Å². The molecule has 0 aliphatic rings. The molecular weight excluding hydrogens is 590 g/mol. The lowest BCUT2D eigenvalue weighted by atomic mass is 10.2. The fourth-order valence-electron chi connectivity index (χ4n) is 4.56. The van der Waals surface area contributed by atoms with E-state index in [2.05, 4.69) is 10.6 Å². The third kappa shape index (κ3) is 10.7. The Bertz CT molecular complexity index is 1660. The number of benzene rings is 2. The van der Waals surface area contributed by atoms with Crippen molar-refractivity contribution in [3.63, 3.8) is 0 Å². The van der Waals surface area contributed by atoms with Gasteiger partial charge in [0.15, 0.2) is 24.8 Å². The summed E-state index contributed by atoms with van der Waals surface area (Å²) in [5.74, 6) is -1.14. The van der Waals surface area contributed by atoms with Crippen molar-refractivity contribution < 1.29 is 35.6 Å². The van der Waals surface area contributed by atoms with Crippen LogP contribution in [0.4, 0.5) is 0 Å². The summed E-state index contributed by atoms with van der Waals surface area (Å²) in [7, 11) is -8.09. The van der Waals surface area contributed by atoms with Crippen molar-refractivity contribution in [2.75, 3.05) is 24.6 Å². The number of carbonyl (C=O) groups is 2. The van der Waals surface area contributed by atoms with E-state index in [9.17, 15) is 26.4 Å². The molecule has 11 nitrogen and oxygen atoms in total. The van der Waals surface area contributed by atoms with Gasteiger partial charge in [-0.3, -0.25) is 9.59 Å². The van der Waals surface area contributed by atoms with Gasteiger partial charge in [0.1, 0.15) is 0 Å². The molecule has 0 saturated carbocycles. The molecule has 0 aliphatic carbocycles. The zero-order chi connectivity index (χ0) is 30.7. The number of pyridine rings is 2. The number of aromatic nitrogens is 2. The molecule has 2 aromatic carbocycles. The first-order chi connectivity index (χ1) is 20.6. The summed E-state index contributed by atoms with van der Waals surface area (Å²) in [5, 5.41) is 9.70. The Morgan fingerprint density at radius 3 is 1.37 bits per heavy atom. The van der Waals surface area contributed by atoms with Crippen LogP contribution in [0.2, 0.25) is 0 Å². The maximum atomic E-state index is 12.3. The van der Waals surface area contributed by atoms with E-state index < -0.39 is 20.0 Å². The normalized spacial score (nSPS) is 11.9. The summed E-state index contributed by atoms with van der Waals surface area (Å²) in [5.41, 5.74) is 0. The molecule has 0 unspecified atom stereocenters. The maximum absolute atomic E-state index is 12.3. The van der Waals surface area contributed by atoms with E-state index in [0.717, 1.165) is 21.5 Å². The van der Waals surface area contributed by atoms with E-state index in [1.54, 1.807) is 13.3 Å². The molecule has 228 valence electrons. The second-order valence-electron chi connectivity index (χ2n) is 10.3. The maximum Gasteiger partial charge on any atom is 0.285 e. The van der Waals surface area contributed by atoms with E-state index >= 15 is 0 Å². The van der Waals surface area contributed by atoms with Crippen LogP contribution in [0.25, 0.3) is 21.5 Å². The van der Waals surface area contributed by atoms with Gasteiger partial charge in [-0.15, -0.1) is 4.13 Å². The van der Waals surface area contributed by atoms with Gasteiger partial charge in [0.2, 0.25) is 33.1 Å². The Balaban J connectivity index is 1.07. The summed E-state index contributed by atoms with van der Waals surface area (Å²) in [4.78, 5) is 24.5. The molecule has 2 heterocycles. The minimum atomic E-state index is -4.04. The topological polar surface area (TPSA) is 146 Å². The zero-order valence-electron chi connectivity index (χ0n) is 23.8. The van der Waals surface area contributed by atoms with Crippen LogP contribution in [-0.4, -0.2) is 53.2 Å². The molecule has 0 fully saturated rings. The third-order valence-electron chi connectivity index (χ3n) is 6.72. The van der Waals surface area contributed by atoms with E-state index in [0.29, 0.717) is 12.8 Å². The predicted octanol–water partition coefficient (Wildman–Crippen LogP) is 1.31. The van der Waals surface area contributed by atoms with Gasteiger partial charge in [0.05, 0.1) is 11.5 Å². The number of amides is 2. The Labute approximate surface area is 252 Å². The predicted molar refractivity (Wildman–Crippen MR) is 163 cm³/mol. The highest BCUT2D eigenvalue weighted by atomic mass is 32.3. The summed E-state index contributed by atoms with van der Waals surface area (Å²) in [6.45, 7) is 0.826. The van der Waals surface area contributed by atoms with Crippen LogP contribution in [0.3, 0.4) is 0 Å². The number of hydrogen-bond acceptors (Lipinski definition) is 6. The van der Waals surface area contributed by atoms with E-state index in [-0.39, 0.29) is 62.3 Å². The van der Waals surface area contributed by atoms with Crippen LogP contribution < -0.4 is 23.9 Å². The first kappa shape index (κ1) is 32.0. The highest BCUT2D eigenvalue weighted by Crippen LogP contribution is 2.10. The molecule has 2 amide bonds. The number of carbonyl (C=O) groups excluding carboxylic acids is 2. The zero-order valence-corrected chi connectivity index (χ0v) is 25.4. The summed E-state index contributed by atoms with van der Waals surface area (Å²) in [6, 6.07) is 19.5. The van der Waals surface area contributed by atoms with Gasteiger partial charge in [0, 0.05) is 36.0 Å². The molecule has 0 atom stereocenters. The van der Waals surface area contributed by atoms with Gasteiger partial charge in [0.25, 0.3) is 11.8 Å². The van der Waals surface area contributed by atoms with Gasteiger partial charge < -0.3 is 10.6 Å². The SMILES string of the molecule is O=C(C[n+]1ccc2ccccc2c1)NCCCCS(=O)(=O)NS(=O)(=O)CCCCNC(=O)C[n+]1ccc2ccccc2c1. The molecule has 0 radical (unpaired) electrons. The molecule has 43 heavy (non-hydrogen) atoms. The standard InChI is InChI=1S/C30H35N5O6S2/c36-29(23-34-17-13-25-9-1-3-11-27(25)21-34)31-15-5-7-19-42(38,39)33-43(40,41)20-8-6-16-32-30(37)24-35-18-14-26-10-2-4-12-28(26)22-35/h1-4,9-14,17-18,21-22,33H,5-8,15-16,19-20,23-24H2/p+2. The van der Waals surface area contributed by atoms with Gasteiger partial charge in [-0.1, -0.05) is 36.4 Å². The third-order valence-corrected chi connectivity index (χ3v) is 10.4. The van der Waals surface area contributed by atoms with E-state index in [1.807, 2.05) is 85.5 Å². The Morgan fingerprint density at radius 1 is 0.558 bits per heavy atom. The fourth-order valence-corrected chi connectivity index (χ4v) is 7.95. The van der Waals surface area contributed by atoms with Gasteiger partial charge >= 0.3 is 0 Å². The number of unbranched alkanes of at least 4 members (excludes halogenated alkanes) is 2. The van der Waals surface area contributed by atoms with Crippen LogP contribution in [0, 0.1) is 0 Å². The molecule has 2 aromatic heterocycles. The van der Waals surface area contributed by atoms with Gasteiger partial charge in [-0.2, -0.15) is 9.13 Å². The molecule has 3 N–H and O–H groups in total. The van der Waals surface area contributed by atoms with Crippen molar-refractivity contribution in [1.82, 2.24) is 14.8 Å². The summed E-state index contributed by atoms with van der Waals surface area (Å²) < 4.78 is 54.5. The second-order valence-corrected chi connectivity index (χ2v) is 14.3. The Morgan fingerprint density at radius 2 is 0.953 bits per heavy atom. The van der Waals surface area contributed by atoms with Crippen LogP contribution in [0.15, 0.2) is 85.5 Å². The van der Waals surface area contributed by atoms with Crippen molar-refractivity contribution in [3.05, 3.63) is 85.5 Å². The number of sulfonamides is 2. The smallest absolute Gasteiger partial charge is 0.285 e. The van der Waals surface area contributed by atoms with E-state index in [4.69, 9.17) is 0 Å². The first-order valence-electron chi connectivity index (χ1n) is 14.1. The van der Waals surface area contributed by atoms with Crippen molar-refractivity contribution >= 4 is 53.4 Å². The lowest BCUT2D eigenvalue weighted by Crippen LogP contribution is -2.42. The monoisotopic (exact) mass is 627 g/mol. The fraction of sp³-hybridized carbons (Fsp3) is 0.333. The van der Waals surface area contributed by atoms with Crippen LogP contribution in [0.1, 0.15) is 25.7 Å². The average molecular weight is 628 g/mol. The molecule has 4 aromatic rings. The lowest BCUT2D eigenvalue weighted by molar-refractivity contribution is -0.683. The number of nitrogens with one attached hydrogen (secondary N) is 3. The molecule has 4 rings (SSSR count). The van der Waals surface area contributed by atoms with Crippen molar-refractivity contribution in [1.29, 1.82) is 0 Å². The Kier molecular flexibility index (Phi) is 11.1. The molecule has 0 aliphatic heterocycles. The number of rotatable bonds is 16. The molecule has 13 heteroatoms. The minimum absolute atomic E-state index is 0.135. The van der Waals surface area contributed by atoms with Crippen molar-refractivity contribution in [3.8, 4) is 0 Å². The number of hydrogen-bond donors (Lipinski definition) is 3. The quantitative estimate of drug-likeness (QED) is 0.126. The highest BCUT2D eigenvalue weighted by Gasteiger charge is 2.20. The number of nitrogens with zero attached hydrogens (tertiary/aromatic N) is 2. The van der Waals surface area contributed by atoms with Gasteiger partial charge in [-0.05, 0) is 48.6 Å². The number of fused-ring (bicyclic) bond motifs is 2. The van der Waals surface area contributed by atoms with Crippen LogP contribution in [0.5, 0.6) is 0 Å². The minimum Gasteiger partial charge on any atom is -0.351 e. The van der Waals surface area contributed by atoms with Crippen LogP contribution in [-0.2, 0) is 42.7 Å². The lowest BCUT2D eigenvalue weighted by Gasteiger charge is -2.08. The molecule has 0 spiro atoms. The van der Waals surface area contributed by atoms with Gasteiger partial charge in [-0.25, -0.2) is 16.8 Å². The van der Waals surface area contributed by atoms with Crippen molar-refractivity contribution in [2.45, 2.75) is 38.8 Å². The first-order valence-corrected chi connectivity index (χ1v) is 17.4. The largest absolute Gasteiger partial charge is 0.351 e. The Hall–Kier alpha value is -3.94. The summed E-state index contributed by atoms with van der Waals surface area (Å²) in [6.07, 6.45) is 8.56. The summed E-state index contributed by atoms with van der Waals surface area (Å²) >= 11 is 0. The highest BCUT2D eigenvalue weighted by molar-refractivity contribution is 8.04. The molecule has 0 saturated heterocycles. The molecule has 0 bridgehead atoms. The molecular formula is C30H37N5O6S2+2. The van der Waals surface area contributed by atoms with Crippen molar-refractivity contribution in [2.24, 2.45) is 0 Å². The second kappa shape index (κ2) is 15.0. The van der Waals surface area contributed by atoms with E-state index in [1.165, 1.54) is 0 Å². The average Bonchev–Trinajstić information content (AvgIpc) is 2.96.